The smallest absolute Gasteiger partial charge is 0.337 e. The molecule has 0 aromatic carbocycles. The number of carbonyl (C=O) groups is 1. The molecule has 100 valence electrons. The predicted molar refractivity (Wildman–Crippen MR) is 75.2 cm³/mol. The molecule has 0 saturated heterocycles. The second-order valence-electron chi connectivity index (χ2n) is 4.02. The van der Waals surface area contributed by atoms with Crippen LogP contribution in [0.5, 0.6) is 0 Å². The molecule has 0 fully saturated rings. The molecule has 0 atom stereocenters. The molecule has 2 aromatic heterocycles. The van der Waals surface area contributed by atoms with Crippen LogP contribution in [0.3, 0.4) is 0 Å². The SMILES string of the molecule is Cc1ncsc1CN(C)c1nccc(C(=O)O)c1Cl. The molecule has 0 unspecified atom stereocenters. The number of hydrogen-bond acceptors (Lipinski definition) is 5. The molecule has 1 N–H and O–H groups in total. The number of halogens is 1. The Labute approximate surface area is 119 Å². The van der Waals surface area contributed by atoms with E-state index in [1.807, 2.05) is 18.9 Å². The molecule has 0 aliphatic carbocycles. The van der Waals surface area contributed by atoms with Crippen LogP contribution in [0.1, 0.15) is 20.9 Å². The number of carboxylic acids is 1. The third-order valence-corrected chi connectivity index (χ3v) is 3.98. The molecule has 2 aromatic rings. The van der Waals surface area contributed by atoms with Crippen LogP contribution < -0.4 is 4.90 Å². The lowest BCUT2D eigenvalue weighted by Gasteiger charge is -2.19. The summed E-state index contributed by atoms with van der Waals surface area (Å²) < 4.78 is 0. The fourth-order valence-electron chi connectivity index (χ4n) is 1.63. The second-order valence-corrected chi connectivity index (χ2v) is 5.34. The molecule has 2 rings (SSSR count). The van der Waals surface area contributed by atoms with Gasteiger partial charge in [-0.3, -0.25) is 0 Å². The quantitative estimate of drug-likeness (QED) is 0.940. The van der Waals surface area contributed by atoms with Gasteiger partial charge in [0.1, 0.15) is 5.82 Å². The lowest BCUT2D eigenvalue weighted by Crippen LogP contribution is -2.19. The van der Waals surface area contributed by atoms with E-state index in [0.29, 0.717) is 12.4 Å². The number of aromatic nitrogens is 2. The van der Waals surface area contributed by atoms with E-state index in [1.54, 1.807) is 16.8 Å². The summed E-state index contributed by atoms with van der Waals surface area (Å²) in [6.45, 7) is 2.52. The minimum Gasteiger partial charge on any atom is -0.478 e. The number of pyridine rings is 1. The first-order valence-electron chi connectivity index (χ1n) is 5.48. The van der Waals surface area contributed by atoms with Crippen LogP contribution in [-0.2, 0) is 6.54 Å². The highest BCUT2D eigenvalue weighted by Gasteiger charge is 2.17. The summed E-state index contributed by atoms with van der Waals surface area (Å²) >= 11 is 7.63. The lowest BCUT2D eigenvalue weighted by atomic mass is 10.2. The summed E-state index contributed by atoms with van der Waals surface area (Å²) in [5, 5.41) is 9.19. The molecule has 0 amide bonds. The average Bonchev–Trinajstić information content (AvgIpc) is 2.74. The van der Waals surface area contributed by atoms with Gasteiger partial charge < -0.3 is 10.0 Å². The number of anilines is 1. The van der Waals surface area contributed by atoms with E-state index in [4.69, 9.17) is 16.7 Å². The highest BCUT2D eigenvalue weighted by atomic mass is 35.5. The van der Waals surface area contributed by atoms with Gasteiger partial charge in [0.2, 0.25) is 0 Å². The number of nitrogens with zero attached hydrogens (tertiary/aromatic N) is 3. The Bertz CT molecular complexity index is 615. The van der Waals surface area contributed by atoms with Crippen LogP contribution in [0.4, 0.5) is 5.82 Å². The zero-order chi connectivity index (χ0) is 14.0. The van der Waals surface area contributed by atoms with E-state index < -0.39 is 5.97 Å². The number of rotatable bonds is 4. The third-order valence-electron chi connectivity index (χ3n) is 2.69. The van der Waals surface area contributed by atoms with Crippen molar-refractivity contribution in [3.05, 3.63) is 38.9 Å². The van der Waals surface area contributed by atoms with E-state index in [-0.39, 0.29) is 10.6 Å². The first-order valence-corrected chi connectivity index (χ1v) is 6.74. The summed E-state index contributed by atoms with van der Waals surface area (Å²) in [4.78, 5) is 22.3. The van der Waals surface area contributed by atoms with Gasteiger partial charge in [-0.2, -0.15) is 0 Å². The summed E-state index contributed by atoms with van der Waals surface area (Å²) in [7, 11) is 1.82. The maximum atomic E-state index is 11.0. The average molecular weight is 298 g/mol. The van der Waals surface area contributed by atoms with Gasteiger partial charge in [-0.05, 0) is 13.0 Å². The van der Waals surface area contributed by atoms with Crippen LogP contribution in [0.25, 0.3) is 0 Å². The van der Waals surface area contributed by atoms with E-state index in [0.717, 1.165) is 10.6 Å². The Hall–Kier alpha value is -1.66. The van der Waals surface area contributed by atoms with Crippen molar-refractivity contribution in [1.82, 2.24) is 9.97 Å². The Morgan fingerprint density at radius 1 is 1.53 bits per heavy atom. The Morgan fingerprint density at radius 2 is 2.26 bits per heavy atom. The first-order chi connectivity index (χ1) is 9.00. The Morgan fingerprint density at radius 3 is 2.84 bits per heavy atom. The van der Waals surface area contributed by atoms with Gasteiger partial charge in [-0.1, -0.05) is 11.6 Å². The summed E-state index contributed by atoms with van der Waals surface area (Å²) in [5.41, 5.74) is 2.79. The molecule has 2 heterocycles. The van der Waals surface area contributed by atoms with Gasteiger partial charge in [0, 0.05) is 18.1 Å². The van der Waals surface area contributed by atoms with Crippen molar-refractivity contribution < 1.29 is 9.90 Å². The van der Waals surface area contributed by atoms with E-state index in [2.05, 4.69) is 9.97 Å². The molecule has 0 bridgehead atoms. The van der Waals surface area contributed by atoms with Crippen LogP contribution >= 0.6 is 22.9 Å². The third kappa shape index (κ3) is 2.85. The zero-order valence-electron chi connectivity index (χ0n) is 10.4. The molecule has 0 aliphatic rings. The van der Waals surface area contributed by atoms with Gasteiger partial charge in [-0.15, -0.1) is 11.3 Å². The van der Waals surface area contributed by atoms with Crippen LogP contribution in [0.2, 0.25) is 5.02 Å². The van der Waals surface area contributed by atoms with E-state index >= 15 is 0 Å². The molecule has 0 aliphatic heterocycles. The zero-order valence-corrected chi connectivity index (χ0v) is 12.0. The number of carboxylic acid groups (broad SMARTS) is 1. The minimum atomic E-state index is -1.06. The van der Waals surface area contributed by atoms with Crippen molar-refractivity contribution in [2.75, 3.05) is 11.9 Å². The van der Waals surface area contributed by atoms with Crippen molar-refractivity contribution in [3.8, 4) is 0 Å². The standard InChI is InChI=1S/C12H12ClN3O2S/c1-7-9(19-6-15-7)5-16(2)11-10(13)8(12(17)18)3-4-14-11/h3-4,6H,5H2,1-2H3,(H,17,18). The highest BCUT2D eigenvalue weighted by Crippen LogP contribution is 2.28. The highest BCUT2D eigenvalue weighted by molar-refractivity contribution is 7.09. The molecule has 0 saturated carbocycles. The number of thiazole rings is 1. The first kappa shape index (κ1) is 13.8. The molecular formula is C12H12ClN3O2S. The van der Waals surface area contributed by atoms with Crippen molar-refractivity contribution >= 4 is 34.7 Å². The normalized spacial score (nSPS) is 10.5. The van der Waals surface area contributed by atoms with Crippen molar-refractivity contribution in [2.24, 2.45) is 0 Å². The van der Waals surface area contributed by atoms with Crippen LogP contribution in [0.15, 0.2) is 17.8 Å². The summed E-state index contributed by atoms with van der Waals surface area (Å²) in [5.74, 6) is -0.606. The topological polar surface area (TPSA) is 66.3 Å². The largest absolute Gasteiger partial charge is 0.478 e. The van der Waals surface area contributed by atoms with Gasteiger partial charge in [0.15, 0.2) is 0 Å². The minimum absolute atomic E-state index is 0.0551. The maximum Gasteiger partial charge on any atom is 0.337 e. The number of hydrogen-bond donors (Lipinski definition) is 1. The number of aryl methyl sites for hydroxylation is 1. The molecular weight excluding hydrogens is 286 g/mol. The molecule has 0 spiro atoms. The van der Waals surface area contributed by atoms with Crippen LogP contribution in [-0.4, -0.2) is 28.1 Å². The van der Waals surface area contributed by atoms with Crippen molar-refractivity contribution in [1.29, 1.82) is 0 Å². The molecule has 7 heteroatoms. The van der Waals surface area contributed by atoms with E-state index in [9.17, 15) is 4.79 Å². The molecule has 19 heavy (non-hydrogen) atoms. The van der Waals surface area contributed by atoms with E-state index in [1.165, 1.54) is 12.3 Å². The summed E-state index contributed by atoms with van der Waals surface area (Å²) in [6, 6.07) is 1.39. The lowest BCUT2D eigenvalue weighted by molar-refractivity contribution is 0.0697. The fourth-order valence-corrected chi connectivity index (χ4v) is 2.80. The molecule has 0 radical (unpaired) electrons. The second kappa shape index (κ2) is 5.54. The van der Waals surface area contributed by atoms with Crippen molar-refractivity contribution in [3.63, 3.8) is 0 Å². The Balaban J connectivity index is 2.29. The van der Waals surface area contributed by atoms with Gasteiger partial charge in [0.25, 0.3) is 0 Å². The predicted octanol–water partition coefficient (Wildman–Crippen LogP) is 2.83. The molecule has 5 nitrogen and oxygen atoms in total. The van der Waals surface area contributed by atoms with Gasteiger partial charge in [0.05, 0.1) is 28.3 Å². The fraction of sp³-hybridized carbons (Fsp3) is 0.250. The maximum absolute atomic E-state index is 11.0. The van der Waals surface area contributed by atoms with Gasteiger partial charge >= 0.3 is 5.97 Å². The monoisotopic (exact) mass is 297 g/mol. The number of aromatic carboxylic acids is 1. The van der Waals surface area contributed by atoms with Gasteiger partial charge in [-0.25, -0.2) is 14.8 Å². The summed E-state index contributed by atoms with van der Waals surface area (Å²) in [6.07, 6.45) is 1.45. The Kier molecular flexibility index (Phi) is 4.01. The van der Waals surface area contributed by atoms with Crippen molar-refractivity contribution in [2.45, 2.75) is 13.5 Å². The van der Waals surface area contributed by atoms with Crippen LogP contribution in [0, 0.1) is 6.92 Å².